The van der Waals surface area contributed by atoms with Crippen LogP contribution in [0.15, 0.2) is 37.0 Å². The average molecular weight is 160 g/mol. The number of nitrogens with one attached hydrogen (secondary N) is 2. The van der Waals surface area contributed by atoms with Crippen LogP contribution in [0.4, 0.5) is 5.69 Å². The maximum Gasteiger partial charge on any atom is 0.0386 e. The monoisotopic (exact) mass is 160 g/mol. The number of rotatable bonds is 3. The van der Waals surface area contributed by atoms with Gasteiger partial charge in [-0.05, 0) is 30.8 Å². The molecule has 0 radical (unpaired) electrons. The standard InChI is InChI=1S/C10H12N2/c1-3-12-10-6-4-5-9(7-10)8(2)11/h3-7,11-12H,1H2,2H3. The largest absolute Gasteiger partial charge is 0.362 e. The summed E-state index contributed by atoms with van der Waals surface area (Å²) in [6, 6.07) is 7.69. The second-order valence-corrected chi connectivity index (χ2v) is 2.55. The van der Waals surface area contributed by atoms with E-state index in [0.29, 0.717) is 5.71 Å². The first-order valence-electron chi connectivity index (χ1n) is 3.77. The molecular weight excluding hydrogens is 148 g/mol. The van der Waals surface area contributed by atoms with Crippen LogP contribution in [0.3, 0.4) is 0 Å². The number of hydrogen-bond acceptors (Lipinski definition) is 2. The maximum atomic E-state index is 7.41. The van der Waals surface area contributed by atoms with Crippen molar-refractivity contribution in [3.8, 4) is 0 Å². The van der Waals surface area contributed by atoms with Gasteiger partial charge in [0.1, 0.15) is 0 Å². The van der Waals surface area contributed by atoms with E-state index in [1.807, 2.05) is 24.3 Å². The molecule has 0 unspecified atom stereocenters. The molecule has 0 amide bonds. The third kappa shape index (κ3) is 1.95. The molecular formula is C10H12N2. The summed E-state index contributed by atoms with van der Waals surface area (Å²) in [5, 5.41) is 10.4. The predicted octanol–water partition coefficient (Wildman–Crippen LogP) is 2.63. The molecule has 0 bridgehead atoms. The van der Waals surface area contributed by atoms with Crippen LogP contribution in [-0.4, -0.2) is 5.71 Å². The molecule has 1 aromatic carbocycles. The first-order chi connectivity index (χ1) is 5.74. The van der Waals surface area contributed by atoms with Crippen LogP contribution in [0.1, 0.15) is 12.5 Å². The zero-order valence-corrected chi connectivity index (χ0v) is 7.09. The summed E-state index contributed by atoms with van der Waals surface area (Å²) in [5.74, 6) is 0. The molecule has 1 rings (SSSR count). The van der Waals surface area contributed by atoms with Crippen molar-refractivity contribution in [1.82, 2.24) is 0 Å². The summed E-state index contributed by atoms with van der Waals surface area (Å²) >= 11 is 0. The molecule has 0 aliphatic carbocycles. The minimum atomic E-state index is 0.572. The molecule has 0 saturated carbocycles. The van der Waals surface area contributed by atoms with Crippen molar-refractivity contribution in [2.45, 2.75) is 6.92 Å². The molecule has 0 heterocycles. The molecule has 2 nitrogen and oxygen atoms in total. The number of anilines is 1. The summed E-state index contributed by atoms with van der Waals surface area (Å²) in [6.07, 6.45) is 1.62. The Balaban J connectivity index is 2.95. The molecule has 0 atom stereocenters. The minimum absolute atomic E-state index is 0.572. The average Bonchev–Trinajstić information content (AvgIpc) is 2.05. The fourth-order valence-electron chi connectivity index (χ4n) is 0.960. The van der Waals surface area contributed by atoms with Crippen molar-refractivity contribution in [2.75, 3.05) is 5.32 Å². The molecule has 1 aromatic rings. The van der Waals surface area contributed by atoms with Crippen molar-refractivity contribution >= 4 is 11.4 Å². The Morgan fingerprint density at radius 1 is 1.58 bits per heavy atom. The lowest BCUT2D eigenvalue weighted by Crippen LogP contribution is -1.93. The first kappa shape index (κ1) is 8.53. The van der Waals surface area contributed by atoms with Crippen molar-refractivity contribution < 1.29 is 0 Å². The van der Waals surface area contributed by atoms with Crippen LogP contribution < -0.4 is 5.32 Å². The predicted molar refractivity (Wildman–Crippen MR) is 52.8 cm³/mol. The second-order valence-electron chi connectivity index (χ2n) is 2.55. The summed E-state index contributed by atoms with van der Waals surface area (Å²) in [7, 11) is 0. The van der Waals surface area contributed by atoms with Gasteiger partial charge < -0.3 is 10.7 Å². The molecule has 0 spiro atoms. The zero-order chi connectivity index (χ0) is 8.97. The van der Waals surface area contributed by atoms with Crippen molar-refractivity contribution in [3.05, 3.63) is 42.6 Å². The van der Waals surface area contributed by atoms with E-state index in [-0.39, 0.29) is 0 Å². The third-order valence-electron chi connectivity index (χ3n) is 1.56. The topological polar surface area (TPSA) is 35.9 Å². The third-order valence-corrected chi connectivity index (χ3v) is 1.56. The van der Waals surface area contributed by atoms with E-state index in [1.54, 1.807) is 13.1 Å². The highest BCUT2D eigenvalue weighted by atomic mass is 14.8. The van der Waals surface area contributed by atoms with Crippen molar-refractivity contribution in [1.29, 1.82) is 5.41 Å². The van der Waals surface area contributed by atoms with Crippen molar-refractivity contribution in [3.63, 3.8) is 0 Å². The van der Waals surface area contributed by atoms with E-state index in [1.165, 1.54) is 0 Å². The van der Waals surface area contributed by atoms with Gasteiger partial charge in [-0.1, -0.05) is 18.7 Å². The van der Waals surface area contributed by atoms with Crippen LogP contribution >= 0.6 is 0 Å². The highest BCUT2D eigenvalue weighted by molar-refractivity contribution is 5.97. The number of hydrogen-bond donors (Lipinski definition) is 2. The normalized spacial score (nSPS) is 9.08. The van der Waals surface area contributed by atoms with Crippen LogP contribution in [0, 0.1) is 5.41 Å². The van der Waals surface area contributed by atoms with Gasteiger partial charge in [0.2, 0.25) is 0 Å². The van der Waals surface area contributed by atoms with E-state index < -0.39 is 0 Å². The fraction of sp³-hybridized carbons (Fsp3) is 0.100. The Kier molecular flexibility index (Phi) is 2.64. The van der Waals surface area contributed by atoms with Crippen LogP contribution in [-0.2, 0) is 0 Å². The van der Waals surface area contributed by atoms with Gasteiger partial charge in [0.15, 0.2) is 0 Å². The lowest BCUT2D eigenvalue weighted by molar-refractivity contribution is 1.45. The van der Waals surface area contributed by atoms with Gasteiger partial charge in [-0.2, -0.15) is 0 Å². The van der Waals surface area contributed by atoms with Gasteiger partial charge in [0.25, 0.3) is 0 Å². The highest BCUT2D eigenvalue weighted by Gasteiger charge is 1.94. The fourth-order valence-corrected chi connectivity index (χ4v) is 0.960. The van der Waals surface area contributed by atoms with Crippen molar-refractivity contribution in [2.24, 2.45) is 0 Å². The minimum Gasteiger partial charge on any atom is -0.362 e. The SMILES string of the molecule is C=CNc1cccc(C(C)=N)c1. The van der Waals surface area contributed by atoms with E-state index in [9.17, 15) is 0 Å². The van der Waals surface area contributed by atoms with E-state index >= 15 is 0 Å². The summed E-state index contributed by atoms with van der Waals surface area (Å²) < 4.78 is 0. The maximum absolute atomic E-state index is 7.41. The van der Waals surface area contributed by atoms with Gasteiger partial charge in [0, 0.05) is 11.4 Å². The summed E-state index contributed by atoms with van der Waals surface area (Å²) in [5.41, 5.74) is 2.47. The van der Waals surface area contributed by atoms with Gasteiger partial charge in [-0.15, -0.1) is 0 Å². The molecule has 0 aromatic heterocycles. The molecule has 12 heavy (non-hydrogen) atoms. The Labute approximate surface area is 72.4 Å². The zero-order valence-electron chi connectivity index (χ0n) is 7.09. The molecule has 0 saturated heterocycles. The summed E-state index contributed by atoms with van der Waals surface area (Å²) in [4.78, 5) is 0. The molecule has 0 aliphatic heterocycles. The van der Waals surface area contributed by atoms with Gasteiger partial charge >= 0.3 is 0 Å². The molecule has 2 N–H and O–H groups in total. The molecule has 0 fully saturated rings. The Bertz CT molecular complexity index is 302. The Morgan fingerprint density at radius 2 is 2.33 bits per heavy atom. The molecule has 62 valence electrons. The van der Waals surface area contributed by atoms with E-state index in [4.69, 9.17) is 5.41 Å². The van der Waals surface area contributed by atoms with E-state index in [2.05, 4.69) is 11.9 Å². The second kappa shape index (κ2) is 3.72. The summed E-state index contributed by atoms with van der Waals surface area (Å²) in [6.45, 7) is 5.34. The van der Waals surface area contributed by atoms with Crippen LogP contribution in [0.2, 0.25) is 0 Å². The van der Waals surface area contributed by atoms with Crippen LogP contribution in [0.5, 0.6) is 0 Å². The van der Waals surface area contributed by atoms with E-state index in [0.717, 1.165) is 11.3 Å². The van der Waals surface area contributed by atoms with Gasteiger partial charge in [-0.3, -0.25) is 0 Å². The Hall–Kier alpha value is -1.57. The van der Waals surface area contributed by atoms with Gasteiger partial charge in [0.05, 0.1) is 0 Å². The molecule has 0 aliphatic rings. The van der Waals surface area contributed by atoms with Crippen LogP contribution in [0.25, 0.3) is 0 Å². The van der Waals surface area contributed by atoms with Gasteiger partial charge in [-0.25, -0.2) is 0 Å². The lowest BCUT2D eigenvalue weighted by atomic mass is 10.1. The lowest BCUT2D eigenvalue weighted by Gasteiger charge is -2.02. The Morgan fingerprint density at radius 3 is 2.92 bits per heavy atom. The quantitative estimate of drug-likeness (QED) is 0.655. The smallest absolute Gasteiger partial charge is 0.0386 e. The number of benzene rings is 1. The first-order valence-corrected chi connectivity index (χ1v) is 3.77. The molecule has 2 heteroatoms. The highest BCUT2D eigenvalue weighted by Crippen LogP contribution is 2.10.